The first-order valence-corrected chi connectivity index (χ1v) is 9.20. The molecule has 3 rings (SSSR count). The Kier molecular flexibility index (Phi) is 5.43. The summed E-state index contributed by atoms with van der Waals surface area (Å²) in [5.41, 5.74) is 0. The van der Waals surface area contributed by atoms with Gasteiger partial charge in [0.2, 0.25) is 0 Å². The zero-order valence-electron chi connectivity index (χ0n) is 13.7. The van der Waals surface area contributed by atoms with Crippen molar-refractivity contribution >= 4 is 33.9 Å². The summed E-state index contributed by atoms with van der Waals surface area (Å²) in [6.07, 6.45) is 7.91. The lowest BCUT2D eigenvalue weighted by Crippen LogP contribution is -2.41. The van der Waals surface area contributed by atoms with Crippen molar-refractivity contribution in [3.8, 4) is 0 Å². The van der Waals surface area contributed by atoms with Gasteiger partial charge in [-0.25, -0.2) is 4.79 Å². The van der Waals surface area contributed by atoms with Crippen molar-refractivity contribution in [2.24, 2.45) is 17.8 Å². The number of nitrogens with one attached hydrogen (secondary N) is 1. The number of hydrogen-bond acceptors (Lipinski definition) is 4. The monoisotopic (exact) mass is 395 g/mol. The van der Waals surface area contributed by atoms with Crippen molar-refractivity contribution in [3.05, 3.63) is 28.6 Å². The largest absolute Gasteiger partial charge is 0.452 e. The van der Waals surface area contributed by atoms with Crippen LogP contribution in [-0.2, 0) is 14.3 Å². The highest BCUT2D eigenvalue weighted by Crippen LogP contribution is 2.49. The molecule has 130 valence electrons. The molecule has 6 heteroatoms. The summed E-state index contributed by atoms with van der Waals surface area (Å²) in [6.45, 7) is 1.80. The minimum Gasteiger partial charge on any atom is -0.452 e. The zero-order chi connectivity index (χ0) is 17.1. The Bertz CT molecular complexity index is 639. The Morgan fingerprint density at radius 2 is 2.25 bits per heavy atom. The van der Waals surface area contributed by atoms with Crippen molar-refractivity contribution in [2.75, 3.05) is 6.61 Å². The van der Waals surface area contributed by atoms with Gasteiger partial charge in [0.15, 0.2) is 11.3 Å². The maximum atomic E-state index is 12.0. The average molecular weight is 396 g/mol. The number of halogens is 1. The first-order chi connectivity index (χ1) is 11.5. The molecule has 2 aliphatic rings. The summed E-state index contributed by atoms with van der Waals surface area (Å²) in [7, 11) is 0. The Morgan fingerprint density at radius 1 is 1.42 bits per heavy atom. The Morgan fingerprint density at radius 3 is 2.88 bits per heavy atom. The molecule has 2 saturated carbocycles. The van der Waals surface area contributed by atoms with Crippen molar-refractivity contribution in [1.82, 2.24) is 5.32 Å². The predicted molar refractivity (Wildman–Crippen MR) is 92.9 cm³/mol. The van der Waals surface area contributed by atoms with Crippen molar-refractivity contribution in [1.29, 1.82) is 0 Å². The minimum absolute atomic E-state index is 0.141. The number of carbonyl (C=O) groups excluding carboxylic acids is 2. The first kappa shape index (κ1) is 17.3. The van der Waals surface area contributed by atoms with Gasteiger partial charge in [0.1, 0.15) is 5.76 Å². The second kappa shape index (κ2) is 7.55. The van der Waals surface area contributed by atoms with Gasteiger partial charge in [-0.15, -0.1) is 0 Å². The van der Waals surface area contributed by atoms with Gasteiger partial charge in [-0.2, -0.15) is 0 Å². The molecular formula is C18H22BrNO4. The third-order valence-corrected chi connectivity index (χ3v) is 5.57. The van der Waals surface area contributed by atoms with Gasteiger partial charge in [-0.3, -0.25) is 4.79 Å². The highest BCUT2D eigenvalue weighted by molar-refractivity contribution is 9.10. The predicted octanol–water partition coefficient (Wildman–Crippen LogP) is 3.54. The summed E-state index contributed by atoms with van der Waals surface area (Å²) in [5.74, 6) is 1.90. The molecule has 2 aliphatic carbocycles. The van der Waals surface area contributed by atoms with E-state index in [1.807, 2.05) is 0 Å². The van der Waals surface area contributed by atoms with Crippen molar-refractivity contribution in [2.45, 2.75) is 38.6 Å². The summed E-state index contributed by atoms with van der Waals surface area (Å²) in [6, 6.07) is 3.59. The van der Waals surface area contributed by atoms with Gasteiger partial charge in [0, 0.05) is 12.1 Å². The number of furan rings is 1. The molecule has 2 bridgehead atoms. The number of amides is 1. The molecule has 5 nitrogen and oxygen atoms in total. The number of ether oxygens (including phenoxy) is 1. The van der Waals surface area contributed by atoms with E-state index >= 15 is 0 Å². The summed E-state index contributed by atoms with van der Waals surface area (Å²) >= 11 is 3.18. The summed E-state index contributed by atoms with van der Waals surface area (Å²) in [5, 5.41) is 2.97. The van der Waals surface area contributed by atoms with Gasteiger partial charge < -0.3 is 14.5 Å². The van der Waals surface area contributed by atoms with Crippen LogP contribution in [-0.4, -0.2) is 24.5 Å². The number of rotatable bonds is 6. The quantitative estimate of drug-likeness (QED) is 0.590. The molecule has 1 amide bonds. The maximum absolute atomic E-state index is 12.0. The van der Waals surface area contributed by atoms with Crippen molar-refractivity contribution < 1.29 is 18.7 Å². The van der Waals surface area contributed by atoms with Crippen LogP contribution in [0, 0.1) is 17.8 Å². The van der Waals surface area contributed by atoms with Crippen LogP contribution in [0.25, 0.3) is 6.08 Å². The molecule has 0 saturated heterocycles. The van der Waals surface area contributed by atoms with Gasteiger partial charge in [-0.1, -0.05) is 6.42 Å². The van der Waals surface area contributed by atoms with E-state index in [1.54, 1.807) is 12.1 Å². The molecule has 24 heavy (non-hydrogen) atoms. The Hall–Kier alpha value is -1.56. The van der Waals surface area contributed by atoms with Crippen LogP contribution >= 0.6 is 15.9 Å². The molecular weight excluding hydrogens is 374 g/mol. The van der Waals surface area contributed by atoms with Crippen LogP contribution in [0.2, 0.25) is 0 Å². The second-order valence-corrected chi connectivity index (χ2v) is 7.56. The SMILES string of the molecule is CC(NC(=O)COC(=O)C=Cc1ccc(Br)o1)C1CC2CCC1C2. The molecule has 0 aromatic carbocycles. The number of hydrogen-bond donors (Lipinski definition) is 1. The number of esters is 1. The summed E-state index contributed by atoms with van der Waals surface area (Å²) < 4.78 is 10.8. The fourth-order valence-corrected chi connectivity index (χ4v) is 4.38. The molecule has 1 heterocycles. The highest BCUT2D eigenvalue weighted by Gasteiger charge is 2.42. The van der Waals surface area contributed by atoms with E-state index in [9.17, 15) is 9.59 Å². The Balaban J connectivity index is 1.39. The fraction of sp³-hybridized carbons (Fsp3) is 0.556. The van der Waals surface area contributed by atoms with Gasteiger partial charge in [0.25, 0.3) is 5.91 Å². The minimum atomic E-state index is -0.565. The smallest absolute Gasteiger partial charge is 0.331 e. The van der Waals surface area contributed by atoms with Crippen LogP contribution in [0.15, 0.2) is 27.3 Å². The van der Waals surface area contributed by atoms with E-state index in [4.69, 9.17) is 9.15 Å². The molecule has 0 spiro atoms. The third-order valence-electron chi connectivity index (χ3n) is 5.15. The van der Waals surface area contributed by atoms with E-state index in [-0.39, 0.29) is 18.6 Å². The molecule has 4 unspecified atom stereocenters. The van der Waals surface area contributed by atoms with Gasteiger partial charge in [0.05, 0.1) is 0 Å². The fourth-order valence-electron chi connectivity index (χ4n) is 4.06. The highest BCUT2D eigenvalue weighted by atomic mass is 79.9. The lowest BCUT2D eigenvalue weighted by atomic mass is 9.84. The molecule has 0 radical (unpaired) electrons. The number of carbonyl (C=O) groups is 2. The van der Waals surface area contributed by atoms with Crippen LogP contribution < -0.4 is 5.32 Å². The summed E-state index contributed by atoms with van der Waals surface area (Å²) in [4.78, 5) is 23.6. The normalized spacial score (nSPS) is 26.7. The second-order valence-electron chi connectivity index (χ2n) is 6.78. The molecule has 4 atom stereocenters. The van der Waals surface area contributed by atoms with E-state index in [1.165, 1.54) is 37.8 Å². The lowest BCUT2D eigenvalue weighted by molar-refractivity contribution is -0.144. The third kappa shape index (κ3) is 4.29. The van der Waals surface area contributed by atoms with Crippen molar-refractivity contribution in [3.63, 3.8) is 0 Å². The number of fused-ring (bicyclic) bond motifs is 2. The first-order valence-electron chi connectivity index (χ1n) is 8.41. The van der Waals surface area contributed by atoms with Crippen LogP contribution in [0.3, 0.4) is 0 Å². The lowest BCUT2D eigenvalue weighted by Gasteiger charge is -2.28. The van der Waals surface area contributed by atoms with Gasteiger partial charge in [-0.05, 0) is 78.1 Å². The standard InChI is InChI=1S/C18H22BrNO4/c1-11(15-9-12-2-3-13(15)8-12)20-17(21)10-23-18(22)7-5-14-4-6-16(19)24-14/h4-7,11-13,15H,2-3,8-10H2,1H3,(H,20,21). The van der Waals surface area contributed by atoms with Crippen LogP contribution in [0.5, 0.6) is 0 Å². The van der Waals surface area contributed by atoms with Crippen LogP contribution in [0.1, 0.15) is 38.4 Å². The molecule has 2 fully saturated rings. The van der Waals surface area contributed by atoms with Crippen LogP contribution in [0.4, 0.5) is 0 Å². The Labute approximate surface area is 149 Å². The maximum Gasteiger partial charge on any atom is 0.331 e. The van der Waals surface area contributed by atoms with E-state index in [2.05, 4.69) is 28.2 Å². The van der Waals surface area contributed by atoms with E-state index in [0.717, 1.165) is 11.8 Å². The molecule has 1 aromatic heterocycles. The zero-order valence-corrected chi connectivity index (χ0v) is 15.3. The molecule has 1 aromatic rings. The van der Waals surface area contributed by atoms with Gasteiger partial charge >= 0.3 is 5.97 Å². The topological polar surface area (TPSA) is 68.5 Å². The molecule has 0 aliphatic heterocycles. The van der Waals surface area contributed by atoms with E-state index < -0.39 is 5.97 Å². The average Bonchev–Trinajstić information content (AvgIpc) is 3.27. The molecule has 1 N–H and O–H groups in total. The van der Waals surface area contributed by atoms with E-state index in [0.29, 0.717) is 16.3 Å².